The zero-order valence-electron chi connectivity index (χ0n) is 17.2. The highest BCUT2D eigenvalue weighted by Crippen LogP contribution is 2.44. The lowest BCUT2D eigenvalue weighted by molar-refractivity contribution is 0.414. The van der Waals surface area contributed by atoms with E-state index in [0.717, 1.165) is 28.6 Å². The van der Waals surface area contributed by atoms with Crippen molar-refractivity contribution in [1.82, 2.24) is 19.9 Å². The number of nitrogens with zero attached hydrogens (tertiary/aromatic N) is 4. The maximum Gasteiger partial charge on any atom is 0.174 e. The van der Waals surface area contributed by atoms with Gasteiger partial charge in [0, 0.05) is 24.3 Å². The number of hydrogen-bond donors (Lipinski definition) is 1. The Hall–Kier alpha value is -3.42. The molecule has 0 amide bonds. The van der Waals surface area contributed by atoms with Crippen molar-refractivity contribution in [3.8, 4) is 11.6 Å². The Morgan fingerprint density at radius 1 is 1.00 bits per heavy atom. The summed E-state index contributed by atoms with van der Waals surface area (Å²) in [4.78, 5) is 11.2. The first-order chi connectivity index (χ1) is 15.7. The van der Waals surface area contributed by atoms with Crippen molar-refractivity contribution in [3.05, 3.63) is 102 Å². The highest BCUT2D eigenvalue weighted by atomic mass is 35.5. The van der Waals surface area contributed by atoms with Gasteiger partial charge in [-0.05, 0) is 60.7 Å². The van der Waals surface area contributed by atoms with Crippen molar-refractivity contribution in [1.29, 1.82) is 0 Å². The van der Waals surface area contributed by atoms with E-state index in [0.29, 0.717) is 10.1 Å². The lowest BCUT2D eigenvalue weighted by Crippen LogP contribution is -2.30. The highest BCUT2D eigenvalue weighted by Gasteiger charge is 2.43. The molecule has 0 bridgehead atoms. The Kier molecular flexibility index (Phi) is 5.51. The normalized spacial score (nSPS) is 17.9. The van der Waals surface area contributed by atoms with Crippen molar-refractivity contribution in [2.75, 3.05) is 12.0 Å². The Bertz CT molecular complexity index is 1240. The third kappa shape index (κ3) is 3.59. The fourth-order valence-electron chi connectivity index (χ4n) is 4.10. The van der Waals surface area contributed by atoms with Crippen molar-refractivity contribution in [2.45, 2.75) is 12.1 Å². The van der Waals surface area contributed by atoms with E-state index in [1.54, 1.807) is 19.5 Å². The molecule has 4 heterocycles. The maximum absolute atomic E-state index is 6.07. The number of aromatic nitrogens is 3. The third-order valence-corrected chi connectivity index (χ3v) is 6.02. The molecule has 0 spiro atoms. The van der Waals surface area contributed by atoms with Crippen LogP contribution in [0.15, 0.2) is 85.3 Å². The van der Waals surface area contributed by atoms with Crippen LogP contribution in [0.1, 0.15) is 23.5 Å². The zero-order valence-corrected chi connectivity index (χ0v) is 18.8. The molecular formula is C24H20ClN5OS. The second-order valence-corrected chi connectivity index (χ2v) is 8.13. The quantitative estimate of drug-likeness (QED) is 0.417. The van der Waals surface area contributed by atoms with Gasteiger partial charge in [0.15, 0.2) is 5.11 Å². The number of methoxy groups -OCH3 is 1. The first-order valence-electron chi connectivity index (χ1n) is 10.1. The van der Waals surface area contributed by atoms with Crippen LogP contribution < -0.4 is 15.0 Å². The van der Waals surface area contributed by atoms with E-state index in [-0.39, 0.29) is 12.1 Å². The Morgan fingerprint density at radius 2 is 1.84 bits per heavy atom. The summed E-state index contributed by atoms with van der Waals surface area (Å²) in [6.45, 7) is 0. The van der Waals surface area contributed by atoms with Crippen LogP contribution >= 0.6 is 23.8 Å². The fourth-order valence-corrected chi connectivity index (χ4v) is 4.55. The van der Waals surface area contributed by atoms with Crippen molar-refractivity contribution >= 4 is 34.6 Å². The van der Waals surface area contributed by atoms with E-state index in [9.17, 15) is 0 Å². The van der Waals surface area contributed by atoms with Crippen LogP contribution in [0.5, 0.6) is 5.75 Å². The summed E-state index contributed by atoms with van der Waals surface area (Å²) in [5.41, 5.74) is 2.79. The maximum atomic E-state index is 6.07. The number of pyridine rings is 2. The molecular weight excluding hydrogens is 442 g/mol. The Labute approximate surface area is 196 Å². The molecule has 32 heavy (non-hydrogen) atoms. The number of nitrogens with one attached hydrogen (secondary N) is 1. The number of para-hydroxylation sites is 2. The molecule has 2 atom stereocenters. The predicted octanol–water partition coefficient (Wildman–Crippen LogP) is 5.11. The van der Waals surface area contributed by atoms with E-state index in [1.165, 1.54) is 0 Å². The van der Waals surface area contributed by atoms with Crippen LogP contribution in [0.2, 0.25) is 5.02 Å². The molecule has 1 aliphatic rings. The molecule has 1 N–H and O–H groups in total. The molecule has 160 valence electrons. The Morgan fingerprint density at radius 3 is 2.59 bits per heavy atom. The first kappa shape index (κ1) is 20.5. The smallest absolute Gasteiger partial charge is 0.174 e. The van der Waals surface area contributed by atoms with Gasteiger partial charge >= 0.3 is 0 Å². The summed E-state index contributed by atoms with van der Waals surface area (Å²) in [6.07, 6.45) is 5.43. The average Bonchev–Trinajstić information content (AvgIpc) is 3.44. The SMILES string of the molecule is COc1ccccc1N1C(=S)NC(c2ccccn2)C1c1cccn1-c1ccc(Cl)cn1. The van der Waals surface area contributed by atoms with Crippen molar-refractivity contribution < 1.29 is 4.74 Å². The summed E-state index contributed by atoms with van der Waals surface area (Å²) < 4.78 is 7.71. The standard InChI is InChI=1S/C24H20ClN5OS/c1-31-20-10-3-2-8-18(20)30-23(22(28-24(30)32)17-7-4-5-13-26-17)19-9-6-14-29(19)21-12-11-16(25)15-27-21/h2-15,22-23H,1H3,(H,28,32). The molecule has 3 aromatic heterocycles. The minimum absolute atomic E-state index is 0.172. The number of rotatable bonds is 5. The summed E-state index contributed by atoms with van der Waals surface area (Å²) in [5.74, 6) is 1.51. The van der Waals surface area contributed by atoms with Gasteiger partial charge in [0.05, 0.1) is 29.6 Å². The van der Waals surface area contributed by atoms with Gasteiger partial charge < -0.3 is 19.5 Å². The lowest BCUT2D eigenvalue weighted by atomic mass is 10.0. The van der Waals surface area contributed by atoms with Crippen LogP contribution in [0.3, 0.4) is 0 Å². The van der Waals surface area contributed by atoms with Crippen LogP contribution in [0, 0.1) is 0 Å². The largest absolute Gasteiger partial charge is 0.495 e. The van der Waals surface area contributed by atoms with E-state index >= 15 is 0 Å². The number of thiocarbonyl (C=S) groups is 1. The summed E-state index contributed by atoms with van der Waals surface area (Å²) in [7, 11) is 1.66. The third-order valence-electron chi connectivity index (χ3n) is 5.48. The molecule has 2 unspecified atom stereocenters. The minimum Gasteiger partial charge on any atom is -0.495 e. The van der Waals surface area contributed by atoms with E-state index in [4.69, 9.17) is 28.6 Å². The molecule has 0 radical (unpaired) electrons. The molecule has 6 nitrogen and oxygen atoms in total. The fraction of sp³-hybridized carbons (Fsp3) is 0.125. The van der Waals surface area contributed by atoms with Gasteiger partial charge in [0.25, 0.3) is 0 Å². The lowest BCUT2D eigenvalue weighted by Gasteiger charge is -2.29. The molecule has 1 fully saturated rings. The van der Waals surface area contributed by atoms with Gasteiger partial charge in [-0.2, -0.15) is 0 Å². The second kappa shape index (κ2) is 8.61. The van der Waals surface area contributed by atoms with E-state index in [1.807, 2.05) is 66.9 Å². The van der Waals surface area contributed by atoms with Crippen LogP contribution in [0.25, 0.3) is 5.82 Å². The second-order valence-electron chi connectivity index (χ2n) is 7.31. The average molecular weight is 462 g/mol. The van der Waals surface area contributed by atoms with Gasteiger partial charge in [-0.3, -0.25) is 4.98 Å². The predicted molar refractivity (Wildman–Crippen MR) is 129 cm³/mol. The minimum atomic E-state index is -0.193. The van der Waals surface area contributed by atoms with E-state index < -0.39 is 0 Å². The Balaban J connectivity index is 1.68. The molecule has 1 aromatic carbocycles. The monoisotopic (exact) mass is 461 g/mol. The number of anilines is 1. The highest BCUT2D eigenvalue weighted by molar-refractivity contribution is 7.80. The summed E-state index contributed by atoms with van der Waals surface area (Å²) in [6, 6.07) is 21.2. The van der Waals surface area contributed by atoms with Crippen molar-refractivity contribution in [3.63, 3.8) is 0 Å². The van der Waals surface area contributed by atoms with Crippen LogP contribution in [-0.4, -0.2) is 26.8 Å². The molecule has 0 saturated carbocycles. The number of ether oxygens (including phenoxy) is 1. The summed E-state index contributed by atoms with van der Waals surface area (Å²) in [5, 5.41) is 4.68. The van der Waals surface area contributed by atoms with Gasteiger partial charge in [-0.1, -0.05) is 29.8 Å². The number of hydrogen-bond acceptors (Lipinski definition) is 4. The zero-order chi connectivity index (χ0) is 22.1. The first-order valence-corrected chi connectivity index (χ1v) is 10.9. The molecule has 1 aliphatic heterocycles. The summed E-state index contributed by atoms with van der Waals surface area (Å²) >= 11 is 11.9. The van der Waals surface area contributed by atoms with Gasteiger partial charge in [0.2, 0.25) is 0 Å². The molecule has 0 aliphatic carbocycles. The molecule has 4 aromatic rings. The van der Waals surface area contributed by atoms with Gasteiger partial charge in [0.1, 0.15) is 17.6 Å². The molecule has 8 heteroatoms. The molecule has 5 rings (SSSR count). The number of benzene rings is 1. The number of halogens is 1. The topological polar surface area (TPSA) is 55.2 Å². The van der Waals surface area contributed by atoms with Gasteiger partial charge in [-0.15, -0.1) is 0 Å². The van der Waals surface area contributed by atoms with Crippen LogP contribution in [-0.2, 0) is 0 Å². The van der Waals surface area contributed by atoms with Crippen LogP contribution in [0.4, 0.5) is 5.69 Å². The van der Waals surface area contributed by atoms with Crippen molar-refractivity contribution in [2.24, 2.45) is 0 Å². The molecule has 1 saturated heterocycles. The van der Waals surface area contributed by atoms with Gasteiger partial charge in [-0.25, -0.2) is 4.98 Å². The van der Waals surface area contributed by atoms with E-state index in [2.05, 4.69) is 30.8 Å².